The Balaban J connectivity index is 1.31. The Morgan fingerprint density at radius 2 is 1.84 bits per heavy atom. The summed E-state index contributed by atoms with van der Waals surface area (Å²) in [7, 11) is 3.01. The van der Waals surface area contributed by atoms with Gasteiger partial charge in [-0.2, -0.15) is 5.10 Å². The zero-order valence-corrected chi connectivity index (χ0v) is 21.7. The van der Waals surface area contributed by atoms with Gasteiger partial charge in [0.25, 0.3) is 5.91 Å². The largest absolute Gasteiger partial charge is 0.495 e. The van der Waals surface area contributed by atoms with Crippen LogP contribution in [0, 0.1) is 0 Å². The fourth-order valence-electron chi connectivity index (χ4n) is 3.82. The van der Waals surface area contributed by atoms with E-state index in [1.54, 1.807) is 30.3 Å². The average Bonchev–Trinajstić information content (AvgIpc) is 3.66. The standard InChI is InChI=1S/C25H25Cl2N7O3/c1-36-17-11-18(37-2)22(27)20(21(17)26)16-7-6-15-23(31-16)33-34-24(15)32-25(35)13-3-8-19(30-12-13)29-10-9-28-14-4-5-14/h3,6-8,11-12,14,28H,4-5,9-10H2,1-2H3,(H,29,30)(H2,31,32,33,34,35). The number of rotatable bonds is 10. The molecule has 10 nitrogen and oxygen atoms in total. The summed E-state index contributed by atoms with van der Waals surface area (Å²) >= 11 is 13.1. The minimum absolute atomic E-state index is 0.304. The molecule has 1 aliphatic carbocycles. The Hall–Kier alpha value is -3.60. The van der Waals surface area contributed by atoms with Gasteiger partial charge >= 0.3 is 0 Å². The molecule has 5 rings (SSSR count). The van der Waals surface area contributed by atoms with Crippen LogP contribution in [0.15, 0.2) is 36.5 Å². The maximum atomic E-state index is 12.8. The van der Waals surface area contributed by atoms with Crippen LogP contribution in [0.2, 0.25) is 10.0 Å². The molecule has 4 N–H and O–H groups in total. The normalized spacial score (nSPS) is 13.0. The van der Waals surface area contributed by atoms with Crippen molar-refractivity contribution < 1.29 is 14.3 Å². The van der Waals surface area contributed by atoms with Gasteiger partial charge in [0.15, 0.2) is 11.5 Å². The Kier molecular flexibility index (Phi) is 7.31. The number of hydrogen-bond acceptors (Lipinski definition) is 8. The van der Waals surface area contributed by atoms with E-state index < -0.39 is 0 Å². The molecule has 37 heavy (non-hydrogen) atoms. The molecule has 3 heterocycles. The van der Waals surface area contributed by atoms with E-state index in [0.717, 1.165) is 13.1 Å². The van der Waals surface area contributed by atoms with Crippen molar-refractivity contribution in [3.8, 4) is 22.8 Å². The van der Waals surface area contributed by atoms with Crippen LogP contribution in [0.5, 0.6) is 11.5 Å². The number of methoxy groups -OCH3 is 2. The summed E-state index contributed by atoms with van der Waals surface area (Å²) in [6.45, 7) is 1.64. The quantitative estimate of drug-likeness (QED) is 0.212. The SMILES string of the molecule is COc1cc(OC)c(Cl)c(-c2ccc3c(NC(=O)c4ccc(NCCNC5CC5)nc4)n[nH]c3n2)c1Cl. The molecule has 0 radical (unpaired) electrons. The van der Waals surface area contributed by atoms with Crippen LogP contribution in [0.1, 0.15) is 23.2 Å². The Bertz CT molecular complexity index is 1410. The van der Waals surface area contributed by atoms with E-state index >= 15 is 0 Å². The number of aromatic amines is 1. The molecule has 0 spiro atoms. The maximum Gasteiger partial charge on any atom is 0.258 e. The average molecular weight is 542 g/mol. The van der Waals surface area contributed by atoms with Gasteiger partial charge < -0.3 is 25.4 Å². The van der Waals surface area contributed by atoms with E-state index in [0.29, 0.717) is 67.1 Å². The van der Waals surface area contributed by atoms with Crippen molar-refractivity contribution in [2.24, 2.45) is 0 Å². The highest BCUT2D eigenvalue weighted by molar-refractivity contribution is 6.41. The number of hydrogen-bond donors (Lipinski definition) is 4. The number of amides is 1. The molecule has 1 aliphatic rings. The number of nitrogens with zero attached hydrogens (tertiary/aromatic N) is 3. The fraction of sp³-hybridized carbons (Fsp3) is 0.280. The molecule has 1 fully saturated rings. The number of halogens is 2. The van der Waals surface area contributed by atoms with E-state index in [-0.39, 0.29) is 5.91 Å². The van der Waals surface area contributed by atoms with Gasteiger partial charge in [-0.25, -0.2) is 9.97 Å². The first-order chi connectivity index (χ1) is 18.0. The van der Waals surface area contributed by atoms with Crippen LogP contribution in [0.25, 0.3) is 22.3 Å². The van der Waals surface area contributed by atoms with Crippen LogP contribution < -0.4 is 25.4 Å². The summed E-state index contributed by atoms with van der Waals surface area (Å²) in [5, 5.41) is 17.8. The summed E-state index contributed by atoms with van der Waals surface area (Å²) in [5.41, 5.74) is 1.80. The minimum Gasteiger partial charge on any atom is -0.495 e. The molecular formula is C25H25Cl2N7O3. The third kappa shape index (κ3) is 5.41. The van der Waals surface area contributed by atoms with Crippen molar-refractivity contribution >= 4 is 51.8 Å². The van der Waals surface area contributed by atoms with Crippen molar-refractivity contribution in [1.29, 1.82) is 0 Å². The van der Waals surface area contributed by atoms with Crippen molar-refractivity contribution in [3.63, 3.8) is 0 Å². The zero-order chi connectivity index (χ0) is 25.9. The first-order valence-corrected chi connectivity index (χ1v) is 12.4. The number of benzene rings is 1. The van der Waals surface area contributed by atoms with Crippen molar-refractivity contribution in [1.82, 2.24) is 25.5 Å². The lowest BCUT2D eigenvalue weighted by Gasteiger charge is -2.14. The van der Waals surface area contributed by atoms with E-state index in [2.05, 4.69) is 36.1 Å². The first-order valence-electron chi connectivity index (χ1n) is 11.7. The van der Waals surface area contributed by atoms with Gasteiger partial charge in [0.2, 0.25) is 0 Å². The van der Waals surface area contributed by atoms with Gasteiger partial charge in [0, 0.05) is 37.0 Å². The molecular weight excluding hydrogens is 517 g/mol. The molecule has 0 aliphatic heterocycles. The third-order valence-corrected chi connectivity index (χ3v) is 6.70. The Morgan fingerprint density at radius 1 is 1.08 bits per heavy atom. The molecule has 1 aromatic carbocycles. The predicted octanol–water partition coefficient (Wildman–Crippen LogP) is 4.76. The second-order valence-electron chi connectivity index (χ2n) is 8.49. The van der Waals surface area contributed by atoms with Crippen LogP contribution >= 0.6 is 23.2 Å². The second-order valence-corrected chi connectivity index (χ2v) is 9.25. The number of nitrogens with one attached hydrogen (secondary N) is 4. The van der Waals surface area contributed by atoms with Crippen molar-refractivity contribution in [3.05, 3.63) is 52.1 Å². The highest BCUT2D eigenvalue weighted by Crippen LogP contribution is 2.45. The number of fused-ring (bicyclic) bond motifs is 1. The van der Waals surface area contributed by atoms with Gasteiger partial charge in [-0.3, -0.25) is 9.89 Å². The molecule has 3 aromatic heterocycles. The van der Waals surface area contributed by atoms with E-state index in [1.165, 1.54) is 33.3 Å². The van der Waals surface area contributed by atoms with Gasteiger partial charge in [-0.1, -0.05) is 23.2 Å². The van der Waals surface area contributed by atoms with Gasteiger partial charge in [-0.05, 0) is 37.1 Å². The molecule has 1 saturated carbocycles. The highest BCUT2D eigenvalue weighted by atomic mass is 35.5. The molecule has 1 amide bonds. The molecule has 12 heteroatoms. The summed E-state index contributed by atoms with van der Waals surface area (Å²) in [6, 6.07) is 9.28. The second kappa shape index (κ2) is 10.8. The maximum absolute atomic E-state index is 12.8. The van der Waals surface area contributed by atoms with Crippen molar-refractivity contribution in [2.75, 3.05) is 37.9 Å². The fourth-order valence-corrected chi connectivity index (χ4v) is 4.51. The third-order valence-electron chi connectivity index (χ3n) is 5.95. The predicted molar refractivity (Wildman–Crippen MR) is 144 cm³/mol. The number of pyridine rings is 2. The van der Waals surface area contributed by atoms with Gasteiger partial charge in [-0.15, -0.1) is 0 Å². The van der Waals surface area contributed by atoms with Gasteiger partial charge in [0.1, 0.15) is 17.3 Å². The Morgan fingerprint density at radius 3 is 2.49 bits per heavy atom. The van der Waals surface area contributed by atoms with Gasteiger partial charge in [0.05, 0.1) is 40.9 Å². The molecule has 0 saturated heterocycles. The van der Waals surface area contributed by atoms with E-state index in [9.17, 15) is 4.79 Å². The molecule has 192 valence electrons. The number of ether oxygens (including phenoxy) is 2. The Labute approximate surface area is 223 Å². The molecule has 0 unspecified atom stereocenters. The lowest BCUT2D eigenvalue weighted by Crippen LogP contribution is -2.24. The minimum atomic E-state index is -0.337. The number of carbonyl (C=O) groups is 1. The van der Waals surface area contributed by atoms with Crippen LogP contribution in [0.4, 0.5) is 11.6 Å². The number of H-pyrrole nitrogens is 1. The molecule has 4 aromatic rings. The lowest BCUT2D eigenvalue weighted by atomic mass is 10.1. The van der Waals surface area contributed by atoms with Crippen molar-refractivity contribution in [2.45, 2.75) is 18.9 Å². The summed E-state index contributed by atoms with van der Waals surface area (Å²) in [6.07, 6.45) is 4.03. The molecule has 0 atom stereocenters. The van der Waals surface area contributed by atoms with Crippen LogP contribution in [-0.2, 0) is 0 Å². The smallest absolute Gasteiger partial charge is 0.258 e. The summed E-state index contributed by atoms with van der Waals surface area (Å²) < 4.78 is 10.7. The number of anilines is 2. The van der Waals surface area contributed by atoms with Crippen LogP contribution in [0.3, 0.4) is 0 Å². The number of aromatic nitrogens is 4. The monoisotopic (exact) mass is 541 g/mol. The topological polar surface area (TPSA) is 126 Å². The van der Waals surface area contributed by atoms with Crippen LogP contribution in [-0.4, -0.2) is 59.4 Å². The zero-order valence-electron chi connectivity index (χ0n) is 20.2. The first kappa shape index (κ1) is 25.1. The lowest BCUT2D eigenvalue weighted by molar-refractivity contribution is 0.102. The highest BCUT2D eigenvalue weighted by Gasteiger charge is 2.21. The summed E-state index contributed by atoms with van der Waals surface area (Å²) in [4.78, 5) is 21.7. The molecule has 0 bridgehead atoms. The van der Waals surface area contributed by atoms with E-state index in [1.807, 2.05) is 0 Å². The van der Waals surface area contributed by atoms with E-state index in [4.69, 9.17) is 32.7 Å². The number of carbonyl (C=O) groups excluding carboxylic acids is 1. The summed E-state index contributed by atoms with van der Waals surface area (Å²) in [5.74, 6) is 1.52.